The third-order valence-corrected chi connectivity index (χ3v) is 6.14. The number of aromatic nitrogens is 1. The smallest absolute Gasteiger partial charge is 0.254 e. The zero-order chi connectivity index (χ0) is 22.7. The van der Waals surface area contributed by atoms with Gasteiger partial charge >= 0.3 is 0 Å². The molecule has 1 aromatic heterocycles. The molecule has 0 spiro atoms. The van der Waals surface area contributed by atoms with Crippen molar-refractivity contribution in [1.29, 1.82) is 0 Å². The van der Waals surface area contributed by atoms with Crippen molar-refractivity contribution in [3.8, 4) is 0 Å². The number of fused-ring (bicyclic) bond motifs is 1. The predicted molar refractivity (Wildman–Crippen MR) is 118 cm³/mol. The molecule has 32 heavy (non-hydrogen) atoms. The van der Waals surface area contributed by atoms with Gasteiger partial charge in [0.25, 0.3) is 5.91 Å². The second-order valence-corrected chi connectivity index (χ2v) is 8.21. The summed E-state index contributed by atoms with van der Waals surface area (Å²) >= 11 is 0. The van der Waals surface area contributed by atoms with Gasteiger partial charge in [-0.25, -0.2) is 0 Å². The number of hydrogen-bond acceptors (Lipinski definition) is 5. The van der Waals surface area contributed by atoms with E-state index in [1.807, 2.05) is 37.3 Å². The lowest BCUT2D eigenvalue weighted by Crippen LogP contribution is -2.70. The van der Waals surface area contributed by atoms with E-state index >= 15 is 0 Å². The minimum absolute atomic E-state index is 0.136. The summed E-state index contributed by atoms with van der Waals surface area (Å²) in [5.74, 6) is -0.571. The third kappa shape index (κ3) is 4.36. The lowest BCUT2D eigenvalue weighted by Gasteiger charge is -2.49. The number of rotatable bonds is 6. The minimum atomic E-state index is -0.674. The van der Waals surface area contributed by atoms with E-state index < -0.39 is 12.1 Å². The van der Waals surface area contributed by atoms with Gasteiger partial charge in [-0.15, -0.1) is 0 Å². The molecule has 2 aromatic rings. The highest BCUT2D eigenvalue weighted by Crippen LogP contribution is 2.26. The van der Waals surface area contributed by atoms with Crippen LogP contribution in [0.4, 0.5) is 0 Å². The van der Waals surface area contributed by atoms with E-state index in [1.165, 1.54) is 0 Å². The summed E-state index contributed by atoms with van der Waals surface area (Å²) in [5, 5.41) is 0. The molecule has 1 aromatic carbocycles. The molecule has 8 heteroatoms. The van der Waals surface area contributed by atoms with Crippen LogP contribution < -0.4 is 0 Å². The molecule has 2 atom stereocenters. The highest BCUT2D eigenvalue weighted by atomic mass is 16.5. The van der Waals surface area contributed by atoms with E-state index in [0.717, 1.165) is 11.3 Å². The number of benzene rings is 1. The Hall–Kier alpha value is -3.26. The van der Waals surface area contributed by atoms with Crippen LogP contribution in [0.25, 0.3) is 0 Å². The molecule has 2 aliphatic heterocycles. The average molecular weight is 437 g/mol. The largest absolute Gasteiger partial charge is 0.383 e. The fourth-order valence-electron chi connectivity index (χ4n) is 4.44. The summed E-state index contributed by atoms with van der Waals surface area (Å²) < 4.78 is 5.12. The summed E-state index contributed by atoms with van der Waals surface area (Å²) in [5.41, 5.74) is 2.16. The van der Waals surface area contributed by atoms with E-state index in [1.54, 1.807) is 40.1 Å². The van der Waals surface area contributed by atoms with Crippen molar-refractivity contribution >= 4 is 17.7 Å². The fourth-order valence-corrected chi connectivity index (χ4v) is 4.44. The van der Waals surface area contributed by atoms with Gasteiger partial charge in [0.05, 0.1) is 13.2 Å². The molecule has 0 unspecified atom stereocenters. The molecule has 0 aliphatic carbocycles. The first-order chi connectivity index (χ1) is 15.5. The quantitative estimate of drug-likeness (QED) is 0.678. The van der Waals surface area contributed by atoms with E-state index in [0.29, 0.717) is 38.2 Å². The van der Waals surface area contributed by atoms with Crippen LogP contribution in [0.5, 0.6) is 0 Å². The predicted octanol–water partition coefficient (Wildman–Crippen LogP) is 1.14. The Morgan fingerprint density at radius 2 is 1.91 bits per heavy atom. The van der Waals surface area contributed by atoms with Crippen molar-refractivity contribution in [1.82, 2.24) is 19.7 Å². The number of methoxy groups -OCH3 is 1. The Kier molecular flexibility index (Phi) is 6.50. The first kappa shape index (κ1) is 22.0. The Morgan fingerprint density at radius 3 is 2.62 bits per heavy atom. The maximum Gasteiger partial charge on any atom is 0.254 e. The monoisotopic (exact) mass is 436 g/mol. The van der Waals surface area contributed by atoms with Gasteiger partial charge in [-0.3, -0.25) is 19.4 Å². The number of nitrogens with zero attached hydrogens (tertiary/aromatic N) is 4. The molecular formula is C24H28N4O4. The number of carbonyl (C=O) groups excluding carboxylic acids is 3. The van der Waals surface area contributed by atoms with Crippen LogP contribution in [-0.2, 0) is 20.7 Å². The molecule has 3 amide bonds. The van der Waals surface area contributed by atoms with Crippen LogP contribution in [-0.4, -0.2) is 89.4 Å². The number of amides is 3. The van der Waals surface area contributed by atoms with E-state index in [2.05, 4.69) is 4.98 Å². The summed E-state index contributed by atoms with van der Waals surface area (Å²) in [6, 6.07) is 11.7. The summed E-state index contributed by atoms with van der Waals surface area (Å²) in [6.07, 6.45) is 1.99. The van der Waals surface area contributed by atoms with Gasteiger partial charge in [0.15, 0.2) is 0 Å². The Bertz CT molecular complexity index is 997. The third-order valence-electron chi connectivity index (χ3n) is 6.14. The van der Waals surface area contributed by atoms with Crippen LogP contribution in [0.3, 0.4) is 0 Å². The highest BCUT2D eigenvalue weighted by molar-refractivity contribution is 6.01. The molecule has 168 valence electrons. The number of hydrogen-bond donors (Lipinski definition) is 0. The SMILES string of the molecule is COCCN1CCN2C(=O)[C@H](Cc3ccccc3)N(C(=O)c3ccnc(C)c3)C[C@H]2C1=O. The summed E-state index contributed by atoms with van der Waals surface area (Å²) in [7, 11) is 1.59. The standard InChI is InChI=1S/C24H28N4O4/c1-17-14-19(8-9-25-17)22(29)28-16-21-23(30)26(12-13-32-2)10-11-27(21)24(31)20(28)15-18-6-4-3-5-7-18/h3-9,14,20-21H,10-13,15-16H2,1-2H3/t20-,21-/m0/s1. The van der Waals surface area contributed by atoms with Crippen LogP contribution in [0.15, 0.2) is 48.7 Å². The van der Waals surface area contributed by atoms with Gasteiger partial charge < -0.3 is 19.4 Å². The number of carbonyl (C=O) groups is 3. The normalized spacial score (nSPS) is 21.0. The van der Waals surface area contributed by atoms with Crippen molar-refractivity contribution < 1.29 is 19.1 Å². The van der Waals surface area contributed by atoms with E-state index in [9.17, 15) is 14.4 Å². The van der Waals surface area contributed by atoms with Crippen molar-refractivity contribution in [2.75, 3.05) is 39.9 Å². The molecule has 0 N–H and O–H groups in total. The minimum Gasteiger partial charge on any atom is -0.383 e. The van der Waals surface area contributed by atoms with Crippen molar-refractivity contribution in [2.24, 2.45) is 0 Å². The molecule has 4 rings (SSSR count). The number of aryl methyl sites for hydroxylation is 1. The molecule has 0 radical (unpaired) electrons. The lowest BCUT2D eigenvalue weighted by molar-refractivity contribution is -0.160. The Morgan fingerprint density at radius 1 is 1.12 bits per heavy atom. The average Bonchev–Trinajstić information content (AvgIpc) is 2.80. The second-order valence-electron chi connectivity index (χ2n) is 8.21. The maximum atomic E-state index is 13.6. The van der Waals surface area contributed by atoms with Gasteiger partial charge in [-0.05, 0) is 24.6 Å². The lowest BCUT2D eigenvalue weighted by atomic mass is 9.95. The zero-order valence-corrected chi connectivity index (χ0v) is 18.4. The molecule has 3 heterocycles. The van der Waals surface area contributed by atoms with Crippen molar-refractivity contribution in [2.45, 2.75) is 25.4 Å². The van der Waals surface area contributed by atoms with Gasteiger partial charge in [0.1, 0.15) is 12.1 Å². The number of piperazine rings is 2. The second kappa shape index (κ2) is 9.48. The van der Waals surface area contributed by atoms with Gasteiger partial charge in [-0.2, -0.15) is 0 Å². The Balaban J connectivity index is 1.65. The molecule has 0 bridgehead atoms. The highest BCUT2D eigenvalue weighted by Gasteiger charge is 2.48. The van der Waals surface area contributed by atoms with Gasteiger partial charge in [-0.1, -0.05) is 30.3 Å². The molecule has 0 saturated carbocycles. The molecule has 8 nitrogen and oxygen atoms in total. The molecule has 2 fully saturated rings. The fraction of sp³-hybridized carbons (Fsp3) is 0.417. The molecular weight excluding hydrogens is 408 g/mol. The van der Waals surface area contributed by atoms with Crippen LogP contribution in [0.2, 0.25) is 0 Å². The first-order valence-electron chi connectivity index (χ1n) is 10.9. The van der Waals surface area contributed by atoms with Crippen molar-refractivity contribution in [3.63, 3.8) is 0 Å². The first-order valence-corrected chi connectivity index (χ1v) is 10.9. The van der Waals surface area contributed by atoms with E-state index in [-0.39, 0.29) is 24.3 Å². The van der Waals surface area contributed by atoms with Gasteiger partial charge in [0, 0.05) is 50.6 Å². The van der Waals surface area contributed by atoms with Gasteiger partial charge in [0.2, 0.25) is 11.8 Å². The topological polar surface area (TPSA) is 83.1 Å². The van der Waals surface area contributed by atoms with Crippen molar-refractivity contribution in [3.05, 3.63) is 65.5 Å². The zero-order valence-electron chi connectivity index (χ0n) is 18.4. The number of ether oxygens (including phenoxy) is 1. The molecule has 2 aliphatic rings. The van der Waals surface area contributed by atoms with E-state index in [4.69, 9.17) is 4.74 Å². The number of pyridine rings is 1. The van der Waals surface area contributed by atoms with Crippen LogP contribution >= 0.6 is 0 Å². The maximum absolute atomic E-state index is 13.6. The van der Waals surface area contributed by atoms with Crippen LogP contribution in [0.1, 0.15) is 21.6 Å². The molecule has 2 saturated heterocycles. The Labute approximate surface area is 187 Å². The summed E-state index contributed by atoms with van der Waals surface area (Å²) in [6.45, 7) is 3.83. The summed E-state index contributed by atoms with van der Waals surface area (Å²) in [4.78, 5) is 49.4. The van der Waals surface area contributed by atoms with Crippen LogP contribution in [0, 0.1) is 6.92 Å².